The van der Waals surface area contributed by atoms with E-state index in [2.05, 4.69) is 0 Å². The van der Waals surface area contributed by atoms with E-state index < -0.39 is 17.7 Å². The van der Waals surface area contributed by atoms with Gasteiger partial charge >= 0.3 is 12.1 Å². The fourth-order valence-electron chi connectivity index (χ4n) is 3.65. The molecule has 1 aromatic carbocycles. The highest BCUT2D eigenvalue weighted by Crippen LogP contribution is 2.36. The molecule has 0 bridgehead atoms. The van der Waals surface area contributed by atoms with Crippen LogP contribution in [0.25, 0.3) is 11.1 Å². The lowest BCUT2D eigenvalue weighted by molar-refractivity contribution is 0.0194. The number of halogens is 1. The molecule has 2 heterocycles. The van der Waals surface area contributed by atoms with Gasteiger partial charge in [0.25, 0.3) is 0 Å². The second-order valence-electron chi connectivity index (χ2n) is 8.07. The van der Waals surface area contributed by atoms with E-state index in [1.807, 2.05) is 32.3 Å². The van der Waals surface area contributed by atoms with Gasteiger partial charge in [-0.15, -0.1) is 0 Å². The molecular weight excluding hydrogens is 375 g/mol. The average molecular weight is 402 g/mol. The van der Waals surface area contributed by atoms with Gasteiger partial charge in [-0.1, -0.05) is 12.1 Å². The Morgan fingerprint density at radius 2 is 1.93 bits per heavy atom. The van der Waals surface area contributed by atoms with Crippen molar-refractivity contribution in [2.24, 2.45) is 0 Å². The Kier molecular flexibility index (Phi) is 5.68. The van der Waals surface area contributed by atoms with Gasteiger partial charge in [-0.2, -0.15) is 0 Å². The van der Waals surface area contributed by atoms with Crippen molar-refractivity contribution in [2.45, 2.75) is 53.3 Å². The minimum atomic E-state index is -0.608. The van der Waals surface area contributed by atoms with Crippen LogP contribution in [0.5, 0.6) is 0 Å². The third kappa shape index (κ3) is 4.28. The van der Waals surface area contributed by atoms with Gasteiger partial charge in [0, 0.05) is 24.3 Å². The molecule has 0 N–H and O–H groups in total. The number of benzene rings is 1. The number of aromatic nitrogens is 1. The summed E-state index contributed by atoms with van der Waals surface area (Å²) in [5, 5.41) is 0. The summed E-state index contributed by atoms with van der Waals surface area (Å²) in [6.07, 6.45) is -0.426. The van der Waals surface area contributed by atoms with Gasteiger partial charge in [0.15, 0.2) is 0 Å². The zero-order valence-corrected chi connectivity index (χ0v) is 17.5. The van der Waals surface area contributed by atoms with Gasteiger partial charge in [0.2, 0.25) is 0 Å². The number of ether oxygens (including phenoxy) is 2. The van der Waals surface area contributed by atoms with Crippen LogP contribution in [0, 0.1) is 12.7 Å². The van der Waals surface area contributed by atoms with Crippen molar-refractivity contribution < 1.29 is 23.5 Å². The monoisotopic (exact) mass is 402 g/mol. The summed E-state index contributed by atoms with van der Waals surface area (Å²) in [6.45, 7) is 10.5. The smallest absolute Gasteiger partial charge is 0.410 e. The van der Waals surface area contributed by atoms with Gasteiger partial charge < -0.3 is 18.9 Å². The first-order valence-corrected chi connectivity index (χ1v) is 9.75. The summed E-state index contributed by atoms with van der Waals surface area (Å²) >= 11 is 0. The zero-order chi connectivity index (χ0) is 21.3. The quantitative estimate of drug-likeness (QED) is 0.708. The van der Waals surface area contributed by atoms with Crippen LogP contribution in [-0.4, -0.2) is 40.3 Å². The van der Waals surface area contributed by atoms with Gasteiger partial charge in [0.05, 0.1) is 24.4 Å². The third-order valence-corrected chi connectivity index (χ3v) is 4.81. The number of fused-ring (bicyclic) bond motifs is 1. The minimum Gasteiger partial charge on any atom is -0.462 e. The maximum Gasteiger partial charge on any atom is 0.410 e. The topological polar surface area (TPSA) is 60.8 Å². The largest absolute Gasteiger partial charge is 0.462 e. The lowest BCUT2D eigenvalue weighted by Gasteiger charge is -2.31. The SMILES string of the molecule is CCOC(=O)c1c(-c2cccc(F)c2)c(C)n2c1CN(C(=O)OC(C)(C)C)CC2. The van der Waals surface area contributed by atoms with Crippen LogP contribution in [0.1, 0.15) is 49.4 Å². The second kappa shape index (κ2) is 7.89. The van der Waals surface area contributed by atoms with Crippen molar-refractivity contribution >= 4 is 12.1 Å². The van der Waals surface area contributed by atoms with E-state index in [9.17, 15) is 14.0 Å². The molecule has 6 nitrogen and oxygen atoms in total. The molecule has 0 atom stereocenters. The van der Waals surface area contributed by atoms with Crippen LogP contribution in [0.4, 0.5) is 9.18 Å². The highest BCUT2D eigenvalue weighted by Gasteiger charge is 2.33. The number of rotatable bonds is 3. The Bertz CT molecular complexity index is 943. The maximum absolute atomic E-state index is 13.9. The van der Waals surface area contributed by atoms with Gasteiger partial charge in [-0.3, -0.25) is 0 Å². The molecule has 0 aliphatic carbocycles. The first kappa shape index (κ1) is 20.9. The Labute approximate surface area is 170 Å². The Morgan fingerprint density at radius 1 is 1.21 bits per heavy atom. The van der Waals surface area contributed by atoms with Crippen LogP contribution in [-0.2, 0) is 22.6 Å². The first-order chi connectivity index (χ1) is 13.6. The zero-order valence-electron chi connectivity index (χ0n) is 17.5. The van der Waals surface area contributed by atoms with Crippen LogP contribution in [0.15, 0.2) is 24.3 Å². The number of carbonyl (C=O) groups is 2. The Balaban J connectivity index is 2.08. The molecule has 2 aromatic rings. The lowest BCUT2D eigenvalue weighted by atomic mass is 10.00. The molecule has 0 radical (unpaired) electrons. The number of carbonyl (C=O) groups excluding carboxylic acids is 2. The lowest BCUT2D eigenvalue weighted by Crippen LogP contribution is -2.42. The van der Waals surface area contributed by atoms with Crippen molar-refractivity contribution in [1.29, 1.82) is 0 Å². The predicted octanol–water partition coefficient (Wildman–Crippen LogP) is 4.53. The number of hydrogen-bond donors (Lipinski definition) is 0. The van der Waals surface area contributed by atoms with E-state index in [4.69, 9.17) is 9.47 Å². The summed E-state index contributed by atoms with van der Waals surface area (Å²) in [5.74, 6) is -0.856. The molecule has 1 amide bonds. The summed E-state index contributed by atoms with van der Waals surface area (Å²) in [7, 11) is 0. The van der Waals surface area contributed by atoms with Crippen molar-refractivity contribution in [3.05, 3.63) is 47.0 Å². The van der Waals surface area contributed by atoms with Crippen molar-refractivity contribution in [3.63, 3.8) is 0 Å². The molecule has 1 aromatic heterocycles. The molecule has 1 aliphatic rings. The van der Waals surface area contributed by atoms with Gasteiger partial charge in [-0.05, 0) is 52.3 Å². The van der Waals surface area contributed by atoms with E-state index in [0.29, 0.717) is 35.5 Å². The third-order valence-electron chi connectivity index (χ3n) is 4.81. The highest BCUT2D eigenvalue weighted by molar-refractivity contribution is 6.00. The fraction of sp³-hybridized carbons (Fsp3) is 0.455. The molecule has 0 spiro atoms. The molecule has 156 valence electrons. The van der Waals surface area contributed by atoms with Crippen molar-refractivity contribution in [3.8, 4) is 11.1 Å². The van der Waals surface area contributed by atoms with Gasteiger partial charge in [-0.25, -0.2) is 14.0 Å². The minimum absolute atomic E-state index is 0.221. The molecule has 29 heavy (non-hydrogen) atoms. The normalized spacial score (nSPS) is 13.8. The van der Waals surface area contributed by atoms with Crippen LogP contribution >= 0.6 is 0 Å². The average Bonchev–Trinajstić information content (AvgIpc) is 2.92. The molecule has 0 fully saturated rings. The second-order valence-corrected chi connectivity index (χ2v) is 8.07. The van der Waals surface area contributed by atoms with Crippen molar-refractivity contribution in [2.75, 3.05) is 13.2 Å². The summed E-state index contributed by atoms with van der Waals surface area (Å²) in [6, 6.07) is 6.15. The summed E-state index contributed by atoms with van der Waals surface area (Å²) in [4.78, 5) is 27.0. The summed E-state index contributed by atoms with van der Waals surface area (Å²) in [5.41, 5.74) is 2.54. The Hall–Kier alpha value is -2.83. The van der Waals surface area contributed by atoms with Crippen LogP contribution in [0.2, 0.25) is 0 Å². The number of hydrogen-bond acceptors (Lipinski definition) is 4. The van der Waals surface area contributed by atoms with E-state index in [1.54, 1.807) is 24.0 Å². The van der Waals surface area contributed by atoms with E-state index >= 15 is 0 Å². The highest BCUT2D eigenvalue weighted by atomic mass is 19.1. The number of esters is 1. The number of amides is 1. The Morgan fingerprint density at radius 3 is 2.55 bits per heavy atom. The predicted molar refractivity (Wildman–Crippen MR) is 107 cm³/mol. The van der Waals surface area contributed by atoms with Crippen molar-refractivity contribution in [1.82, 2.24) is 9.47 Å². The maximum atomic E-state index is 13.9. The van der Waals surface area contributed by atoms with E-state index in [-0.39, 0.29) is 19.0 Å². The first-order valence-electron chi connectivity index (χ1n) is 9.75. The van der Waals surface area contributed by atoms with E-state index in [0.717, 1.165) is 5.69 Å². The summed E-state index contributed by atoms with van der Waals surface area (Å²) < 4.78 is 26.7. The molecule has 1 aliphatic heterocycles. The van der Waals surface area contributed by atoms with Gasteiger partial charge in [0.1, 0.15) is 11.4 Å². The fourth-order valence-corrected chi connectivity index (χ4v) is 3.65. The number of nitrogens with zero attached hydrogens (tertiary/aromatic N) is 2. The van der Waals surface area contributed by atoms with Crippen LogP contribution < -0.4 is 0 Å². The molecule has 0 saturated heterocycles. The van der Waals surface area contributed by atoms with E-state index in [1.165, 1.54) is 12.1 Å². The standard InChI is InChI=1S/C22H27FN2O4/c1-6-28-20(26)19-17-13-24(21(27)29-22(3,4)5)10-11-25(17)14(2)18(19)15-8-7-9-16(23)12-15/h7-9,12H,6,10-11,13H2,1-5H3. The van der Waals surface area contributed by atoms with Crippen LogP contribution in [0.3, 0.4) is 0 Å². The molecule has 7 heteroatoms. The molecule has 0 saturated carbocycles. The molecular formula is C22H27FN2O4. The molecule has 0 unspecified atom stereocenters. The molecule has 3 rings (SSSR count).